The third kappa shape index (κ3) is 2.85. The molecule has 18 heavy (non-hydrogen) atoms. The largest absolute Gasteiger partial charge is 0.486 e. The first-order valence-corrected chi connectivity index (χ1v) is 6.69. The molecule has 4 nitrogen and oxygen atoms in total. The van der Waals surface area contributed by atoms with Crippen LogP contribution in [0.4, 0.5) is 0 Å². The molecule has 5 heteroatoms. The van der Waals surface area contributed by atoms with Crippen molar-refractivity contribution in [1.29, 1.82) is 0 Å². The van der Waals surface area contributed by atoms with Crippen LogP contribution < -0.4 is 20.5 Å². The number of nitrogens with one attached hydrogen (secondary N) is 1. The van der Waals surface area contributed by atoms with E-state index in [0.29, 0.717) is 26.3 Å². The topological polar surface area (TPSA) is 56.5 Å². The predicted molar refractivity (Wildman–Crippen MR) is 75.1 cm³/mol. The zero-order valence-corrected chi connectivity index (χ0v) is 11.7. The summed E-state index contributed by atoms with van der Waals surface area (Å²) in [6.07, 6.45) is 1.82. The smallest absolute Gasteiger partial charge is 0.175 e. The minimum atomic E-state index is 0.0788. The highest BCUT2D eigenvalue weighted by atomic mass is 79.9. The molecule has 3 N–H and O–H groups in total. The maximum Gasteiger partial charge on any atom is 0.175 e. The highest BCUT2D eigenvalue weighted by Gasteiger charge is 2.19. The lowest BCUT2D eigenvalue weighted by Crippen LogP contribution is -2.28. The van der Waals surface area contributed by atoms with Crippen LogP contribution in [0.2, 0.25) is 0 Å². The molecular weight excluding hydrogens is 296 g/mol. The van der Waals surface area contributed by atoms with Gasteiger partial charge in [-0.25, -0.2) is 0 Å². The molecular formula is C13H17BrN2O2. The molecule has 1 aromatic rings. The number of fused-ring (bicyclic) bond motifs is 1. The van der Waals surface area contributed by atoms with Gasteiger partial charge in [-0.15, -0.1) is 6.58 Å². The average Bonchev–Trinajstić information content (AvgIpc) is 2.40. The Balaban J connectivity index is 2.27. The molecule has 1 aromatic carbocycles. The van der Waals surface area contributed by atoms with Crippen LogP contribution in [0.15, 0.2) is 29.3 Å². The summed E-state index contributed by atoms with van der Waals surface area (Å²) in [5, 5.41) is 3.31. The fraction of sp³-hybridized carbons (Fsp3) is 0.385. The first-order valence-electron chi connectivity index (χ1n) is 5.89. The SMILES string of the molecule is C=CCNC(CN)c1cc(Br)c2c(c1)OCCO2. The summed E-state index contributed by atoms with van der Waals surface area (Å²) in [4.78, 5) is 0. The Kier molecular flexibility index (Phi) is 4.63. The first-order chi connectivity index (χ1) is 8.76. The summed E-state index contributed by atoms with van der Waals surface area (Å²) in [5.41, 5.74) is 6.87. The molecule has 0 fully saturated rings. The molecule has 0 spiro atoms. The van der Waals surface area contributed by atoms with Gasteiger partial charge in [-0.3, -0.25) is 0 Å². The van der Waals surface area contributed by atoms with Gasteiger partial charge in [0.2, 0.25) is 0 Å². The highest BCUT2D eigenvalue weighted by molar-refractivity contribution is 9.10. The summed E-state index contributed by atoms with van der Waals surface area (Å²) in [5.74, 6) is 1.54. The van der Waals surface area contributed by atoms with E-state index in [0.717, 1.165) is 21.5 Å². The van der Waals surface area contributed by atoms with Crippen molar-refractivity contribution in [2.75, 3.05) is 26.3 Å². The Morgan fingerprint density at radius 1 is 1.44 bits per heavy atom. The molecule has 1 unspecified atom stereocenters. The van der Waals surface area contributed by atoms with Crippen molar-refractivity contribution in [3.8, 4) is 11.5 Å². The van der Waals surface area contributed by atoms with Gasteiger partial charge < -0.3 is 20.5 Å². The second kappa shape index (κ2) is 6.22. The van der Waals surface area contributed by atoms with Gasteiger partial charge in [0.05, 0.1) is 4.47 Å². The molecule has 0 aromatic heterocycles. The fourth-order valence-electron chi connectivity index (χ4n) is 1.89. The number of ether oxygens (including phenoxy) is 2. The summed E-state index contributed by atoms with van der Waals surface area (Å²) in [7, 11) is 0. The molecule has 0 bridgehead atoms. The Hall–Kier alpha value is -1.04. The number of hydrogen-bond acceptors (Lipinski definition) is 4. The summed E-state index contributed by atoms with van der Waals surface area (Å²) >= 11 is 3.50. The van der Waals surface area contributed by atoms with Crippen molar-refractivity contribution in [3.63, 3.8) is 0 Å². The summed E-state index contributed by atoms with van der Waals surface area (Å²) in [6.45, 7) is 6.08. The monoisotopic (exact) mass is 312 g/mol. The molecule has 0 radical (unpaired) electrons. The minimum absolute atomic E-state index is 0.0788. The first kappa shape index (κ1) is 13.4. The standard InChI is InChI=1S/C13H17BrN2O2/c1-2-3-16-11(8-15)9-6-10(14)13-12(7-9)17-4-5-18-13/h2,6-7,11,16H,1,3-5,8,15H2. The Bertz CT molecular complexity index is 437. The molecule has 1 heterocycles. The van der Waals surface area contributed by atoms with Crippen LogP contribution >= 0.6 is 15.9 Å². The number of benzene rings is 1. The van der Waals surface area contributed by atoms with Gasteiger partial charge in [0.15, 0.2) is 11.5 Å². The van der Waals surface area contributed by atoms with Crippen LogP contribution in [0, 0.1) is 0 Å². The maximum atomic E-state index is 5.79. The Labute approximate surface area is 115 Å². The Morgan fingerprint density at radius 3 is 2.94 bits per heavy atom. The van der Waals surface area contributed by atoms with Gasteiger partial charge in [-0.1, -0.05) is 6.08 Å². The predicted octanol–water partition coefficient (Wildman–Crippen LogP) is 2.00. The van der Waals surface area contributed by atoms with Gasteiger partial charge in [0, 0.05) is 19.1 Å². The van der Waals surface area contributed by atoms with Gasteiger partial charge in [-0.2, -0.15) is 0 Å². The second-order valence-electron chi connectivity index (χ2n) is 4.01. The third-order valence-electron chi connectivity index (χ3n) is 2.77. The normalized spacial score (nSPS) is 15.2. The van der Waals surface area contributed by atoms with Crippen molar-refractivity contribution in [1.82, 2.24) is 5.32 Å². The molecule has 1 aliphatic rings. The van der Waals surface area contributed by atoms with E-state index in [1.165, 1.54) is 0 Å². The molecule has 1 aliphatic heterocycles. The molecule has 0 amide bonds. The lowest BCUT2D eigenvalue weighted by molar-refractivity contribution is 0.170. The lowest BCUT2D eigenvalue weighted by atomic mass is 10.1. The van der Waals surface area contributed by atoms with Crippen LogP contribution in [0.3, 0.4) is 0 Å². The number of halogens is 1. The van der Waals surface area contributed by atoms with E-state index < -0.39 is 0 Å². The van der Waals surface area contributed by atoms with Crippen molar-refractivity contribution < 1.29 is 9.47 Å². The molecule has 1 atom stereocenters. The zero-order chi connectivity index (χ0) is 13.0. The van der Waals surface area contributed by atoms with Gasteiger partial charge in [0.1, 0.15) is 13.2 Å². The van der Waals surface area contributed by atoms with E-state index >= 15 is 0 Å². The van der Waals surface area contributed by atoms with Gasteiger partial charge in [-0.05, 0) is 33.6 Å². The van der Waals surface area contributed by atoms with E-state index in [2.05, 4.69) is 27.8 Å². The quantitative estimate of drug-likeness (QED) is 0.817. The van der Waals surface area contributed by atoms with Crippen molar-refractivity contribution in [3.05, 3.63) is 34.8 Å². The molecule has 0 saturated carbocycles. The lowest BCUT2D eigenvalue weighted by Gasteiger charge is -2.23. The van der Waals surface area contributed by atoms with Gasteiger partial charge >= 0.3 is 0 Å². The van der Waals surface area contributed by atoms with Gasteiger partial charge in [0.25, 0.3) is 0 Å². The van der Waals surface area contributed by atoms with Crippen LogP contribution in [0.5, 0.6) is 11.5 Å². The third-order valence-corrected chi connectivity index (χ3v) is 3.35. The number of rotatable bonds is 5. The van der Waals surface area contributed by atoms with Crippen LogP contribution in [0.25, 0.3) is 0 Å². The highest BCUT2D eigenvalue weighted by Crippen LogP contribution is 2.39. The summed E-state index contributed by atoms with van der Waals surface area (Å²) < 4.78 is 12.1. The van der Waals surface area contributed by atoms with Crippen molar-refractivity contribution in [2.45, 2.75) is 6.04 Å². The second-order valence-corrected chi connectivity index (χ2v) is 4.87. The minimum Gasteiger partial charge on any atom is -0.486 e. The van der Waals surface area contributed by atoms with E-state index in [9.17, 15) is 0 Å². The number of hydrogen-bond donors (Lipinski definition) is 2. The Morgan fingerprint density at radius 2 is 2.22 bits per heavy atom. The van der Waals surface area contributed by atoms with E-state index in [4.69, 9.17) is 15.2 Å². The zero-order valence-electron chi connectivity index (χ0n) is 10.1. The van der Waals surface area contributed by atoms with Crippen LogP contribution in [-0.4, -0.2) is 26.3 Å². The summed E-state index contributed by atoms with van der Waals surface area (Å²) in [6, 6.07) is 4.07. The average molecular weight is 313 g/mol. The van der Waals surface area contributed by atoms with E-state index in [1.807, 2.05) is 18.2 Å². The van der Waals surface area contributed by atoms with Crippen molar-refractivity contribution in [2.24, 2.45) is 5.73 Å². The molecule has 98 valence electrons. The maximum absolute atomic E-state index is 5.79. The molecule has 0 saturated heterocycles. The van der Waals surface area contributed by atoms with Crippen LogP contribution in [0.1, 0.15) is 11.6 Å². The van der Waals surface area contributed by atoms with E-state index in [1.54, 1.807) is 0 Å². The van der Waals surface area contributed by atoms with Crippen LogP contribution in [-0.2, 0) is 0 Å². The fourth-order valence-corrected chi connectivity index (χ4v) is 2.47. The number of nitrogens with two attached hydrogens (primary N) is 1. The van der Waals surface area contributed by atoms with Crippen molar-refractivity contribution >= 4 is 15.9 Å². The molecule has 0 aliphatic carbocycles. The molecule has 2 rings (SSSR count). The van der Waals surface area contributed by atoms with E-state index in [-0.39, 0.29) is 6.04 Å².